The van der Waals surface area contributed by atoms with Crippen molar-refractivity contribution < 1.29 is 9.59 Å². The number of amides is 2. The molecule has 31 heavy (non-hydrogen) atoms. The predicted molar refractivity (Wildman–Crippen MR) is 114 cm³/mol. The minimum absolute atomic E-state index is 0.0132. The second kappa shape index (κ2) is 7.61. The molecule has 1 aromatic heterocycles. The highest BCUT2D eigenvalue weighted by Crippen LogP contribution is 2.49. The topological polar surface area (TPSA) is 93.0 Å². The number of benzene rings is 2. The Hall–Kier alpha value is -3.55. The first-order valence-corrected chi connectivity index (χ1v) is 10.6. The molecule has 0 bridgehead atoms. The Morgan fingerprint density at radius 3 is 2.74 bits per heavy atom. The minimum Gasteiger partial charge on any atom is -0.334 e. The van der Waals surface area contributed by atoms with Gasteiger partial charge in [-0.05, 0) is 52.6 Å². The predicted octanol–water partition coefficient (Wildman–Crippen LogP) is 2.63. The SMILES string of the molecule is CCC[C@@H]1N(C(=O)c2ccc(Cn3cnnn3)cc2)CC[C@]12C(=O)Nc1ccccc12. The number of nitrogens with one attached hydrogen (secondary N) is 1. The number of hydrogen-bond acceptors (Lipinski definition) is 5. The molecule has 1 N–H and O–H groups in total. The maximum Gasteiger partial charge on any atom is 0.254 e. The van der Waals surface area contributed by atoms with Gasteiger partial charge in [0, 0.05) is 17.8 Å². The number of rotatable bonds is 5. The number of carbonyl (C=O) groups is 2. The number of tetrazole rings is 1. The van der Waals surface area contributed by atoms with Crippen LogP contribution in [0.1, 0.15) is 47.7 Å². The Labute approximate surface area is 180 Å². The zero-order valence-electron chi connectivity index (χ0n) is 17.4. The van der Waals surface area contributed by atoms with Crippen molar-refractivity contribution in [3.05, 3.63) is 71.5 Å². The lowest BCUT2D eigenvalue weighted by Gasteiger charge is -2.34. The molecule has 0 aliphatic carbocycles. The third kappa shape index (κ3) is 3.10. The molecule has 2 aromatic carbocycles. The van der Waals surface area contributed by atoms with Crippen molar-refractivity contribution in [2.24, 2.45) is 0 Å². The molecule has 158 valence electrons. The summed E-state index contributed by atoms with van der Waals surface area (Å²) in [5.41, 5.74) is 2.86. The maximum atomic E-state index is 13.5. The molecule has 0 saturated carbocycles. The van der Waals surface area contributed by atoms with Gasteiger partial charge >= 0.3 is 0 Å². The van der Waals surface area contributed by atoms with Crippen molar-refractivity contribution in [2.45, 2.75) is 44.2 Å². The highest BCUT2D eigenvalue weighted by atomic mass is 16.2. The molecular formula is C23H24N6O2. The third-order valence-electron chi connectivity index (χ3n) is 6.51. The summed E-state index contributed by atoms with van der Waals surface area (Å²) in [6, 6.07) is 15.3. The molecule has 1 fully saturated rings. The lowest BCUT2D eigenvalue weighted by atomic mass is 9.73. The van der Waals surface area contributed by atoms with Crippen LogP contribution in [0.15, 0.2) is 54.9 Å². The average Bonchev–Trinajstić information content (AvgIpc) is 3.49. The van der Waals surface area contributed by atoms with Crippen molar-refractivity contribution in [3.8, 4) is 0 Å². The largest absolute Gasteiger partial charge is 0.334 e. The molecule has 1 spiro atoms. The van der Waals surface area contributed by atoms with Gasteiger partial charge in [-0.25, -0.2) is 4.68 Å². The lowest BCUT2D eigenvalue weighted by Crippen LogP contribution is -2.48. The van der Waals surface area contributed by atoms with Crippen LogP contribution in [0.5, 0.6) is 0 Å². The van der Waals surface area contributed by atoms with Gasteiger partial charge in [0.25, 0.3) is 5.91 Å². The van der Waals surface area contributed by atoms with E-state index < -0.39 is 5.41 Å². The molecule has 2 amide bonds. The van der Waals surface area contributed by atoms with Gasteiger partial charge in [-0.15, -0.1) is 5.10 Å². The molecule has 0 radical (unpaired) electrons. The monoisotopic (exact) mass is 416 g/mol. The van der Waals surface area contributed by atoms with Crippen LogP contribution in [0.2, 0.25) is 0 Å². The molecule has 1 saturated heterocycles. The zero-order valence-corrected chi connectivity index (χ0v) is 17.4. The van der Waals surface area contributed by atoms with Gasteiger partial charge in [-0.1, -0.05) is 43.7 Å². The van der Waals surface area contributed by atoms with E-state index in [1.807, 2.05) is 53.4 Å². The average molecular weight is 416 g/mol. The second-order valence-corrected chi connectivity index (χ2v) is 8.23. The van der Waals surface area contributed by atoms with Crippen LogP contribution in [0.3, 0.4) is 0 Å². The smallest absolute Gasteiger partial charge is 0.254 e. The minimum atomic E-state index is -0.664. The second-order valence-electron chi connectivity index (χ2n) is 8.23. The van der Waals surface area contributed by atoms with Gasteiger partial charge in [0.15, 0.2) is 0 Å². The summed E-state index contributed by atoms with van der Waals surface area (Å²) in [7, 11) is 0. The molecule has 2 aliphatic heterocycles. The van der Waals surface area contributed by atoms with Gasteiger partial charge in [0.1, 0.15) is 6.33 Å². The Morgan fingerprint density at radius 1 is 1.19 bits per heavy atom. The maximum absolute atomic E-state index is 13.5. The van der Waals surface area contributed by atoms with E-state index in [1.165, 1.54) is 0 Å². The van der Waals surface area contributed by atoms with E-state index in [4.69, 9.17) is 0 Å². The van der Waals surface area contributed by atoms with Crippen LogP contribution in [-0.4, -0.2) is 49.5 Å². The fourth-order valence-electron chi connectivity index (χ4n) is 5.08. The molecule has 3 aromatic rings. The third-order valence-corrected chi connectivity index (χ3v) is 6.51. The van der Waals surface area contributed by atoms with Crippen molar-refractivity contribution in [1.82, 2.24) is 25.1 Å². The number of hydrogen-bond donors (Lipinski definition) is 1. The Kier molecular flexibility index (Phi) is 4.77. The van der Waals surface area contributed by atoms with Crippen LogP contribution in [-0.2, 0) is 16.8 Å². The molecular weight excluding hydrogens is 392 g/mol. The van der Waals surface area contributed by atoms with Gasteiger partial charge in [-0.3, -0.25) is 9.59 Å². The Bertz CT molecular complexity index is 1110. The van der Waals surface area contributed by atoms with E-state index in [0.29, 0.717) is 25.1 Å². The van der Waals surface area contributed by atoms with Gasteiger partial charge in [0.2, 0.25) is 5.91 Å². The first-order chi connectivity index (χ1) is 15.1. The summed E-state index contributed by atoms with van der Waals surface area (Å²) in [6.07, 6.45) is 3.88. The summed E-state index contributed by atoms with van der Waals surface area (Å²) in [5.74, 6) is -0.0132. The summed E-state index contributed by atoms with van der Waals surface area (Å²) in [5, 5.41) is 14.2. The Morgan fingerprint density at radius 2 is 2.00 bits per heavy atom. The summed E-state index contributed by atoms with van der Waals surface area (Å²) in [6.45, 7) is 3.21. The fourth-order valence-corrected chi connectivity index (χ4v) is 5.08. The first-order valence-electron chi connectivity index (χ1n) is 10.6. The molecule has 2 aliphatic rings. The number of carbonyl (C=O) groups excluding carboxylic acids is 2. The van der Waals surface area contributed by atoms with Crippen LogP contribution >= 0.6 is 0 Å². The van der Waals surface area contributed by atoms with E-state index in [0.717, 1.165) is 29.7 Å². The van der Waals surface area contributed by atoms with Crippen molar-refractivity contribution in [3.63, 3.8) is 0 Å². The zero-order chi connectivity index (χ0) is 21.4. The highest BCUT2D eigenvalue weighted by Gasteiger charge is 2.58. The van der Waals surface area contributed by atoms with E-state index in [-0.39, 0.29) is 17.9 Å². The van der Waals surface area contributed by atoms with E-state index in [2.05, 4.69) is 27.8 Å². The molecule has 3 heterocycles. The van der Waals surface area contributed by atoms with Crippen molar-refractivity contribution in [1.29, 1.82) is 0 Å². The summed E-state index contributed by atoms with van der Waals surface area (Å²) >= 11 is 0. The number of likely N-dealkylation sites (tertiary alicyclic amines) is 1. The van der Waals surface area contributed by atoms with E-state index >= 15 is 0 Å². The first kappa shape index (κ1) is 19.4. The Balaban J connectivity index is 1.42. The van der Waals surface area contributed by atoms with Gasteiger partial charge in [0.05, 0.1) is 18.0 Å². The molecule has 5 rings (SSSR count). The van der Waals surface area contributed by atoms with Crippen LogP contribution in [0.25, 0.3) is 0 Å². The number of anilines is 1. The van der Waals surface area contributed by atoms with Gasteiger partial charge < -0.3 is 10.2 Å². The number of para-hydroxylation sites is 1. The summed E-state index contributed by atoms with van der Waals surface area (Å²) in [4.78, 5) is 28.6. The van der Waals surface area contributed by atoms with Gasteiger partial charge in [-0.2, -0.15) is 0 Å². The lowest BCUT2D eigenvalue weighted by molar-refractivity contribution is -0.121. The van der Waals surface area contributed by atoms with Crippen molar-refractivity contribution >= 4 is 17.5 Å². The quantitative estimate of drug-likeness (QED) is 0.690. The standard InChI is InChI=1S/C23H24N6O2/c1-2-5-20-23(18-6-3-4-7-19(18)25-22(23)31)12-13-29(20)21(30)17-10-8-16(9-11-17)14-28-15-24-26-27-28/h3-4,6-11,15,20H,2,5,12-14H2,1H3,(H,25,31)/t20-,23+/m0/s1. The normalized spacial score (nSPS) is 22.0. The highest BCUT2D eigenvalue weighted by molar-refractivity contribution is 6.08. The number of fused-ring (bicyclic) bond motifs is 2. The molecule has 2 atom stereocenters. The van der Waals surface area contributed by atoms with Crippen LogP contribution in [0.4, 0.5) is 5.69 Å². The summed E-state index contributed by atoms with van der Waals surface area (Å²) < 4.78 is 1.63. The number of aromatic nitrogens is 4. The van der Waals surface area contributed by atoms with Crippen molar-refractivity contribution in [2.75, 3.05) is 11.9 Å². The van der Waals surface area contributed by atoms with E-state index in [9.17, 15) is 9.59 Å². The van der Waals surface area contributed by atoms with Crippen LogP contribution in [0, 0.1) is 0 Å². The molecule has 8 nitrogen and oxygen atoms in total. The number of nitrogens with zero attached hydrogens (tertiary/aromatic N) is 5. The fraction of sp³-hybridized carbons (Fsp3) is 0.348. The molecule has 0 unspecified atom stereocenters. The van der Waals surface area contributed by atoms with E-state index in [1.54, 1.807) is 11.0 Å². The molecule has 8 heteroatoms. The van der Waals surface area contributed by atoms with Crippen LogP contribution < -0.4 is 5.32 Å².